The molecule has 4 nitrogen and oxygen atoms in total. The molecule has 0 spiro atoms. The van der Waals surface area contributed by atoms with Gasteiger partial charge in [0.1, 0.15) is 5.71 Å². The van der Waals surface area contributed by atoms with E-state index >= 15 is 0 Å². The average Bonchev–Trinajstić information content (AvgIpc) is 2.73. The molecule has 0 bridgehead atoms. The molecule has 128 valence electrons. The number of carbonyl (C=O) groups is 1. The van der Waals surface area contributed by atoms with Crippen LogP contribution >= 0.6 is 0 Å². The van der Waals surface area contributed by atoms with Crippen LogP contribution in [-0.2, 0) is 4.74 Å². The molecule has 4 heteroatoms. The molecular weight excluding hydrogens is 324 g/mol. The Hall–Kier alpha value is -3.53. The van der Waals surface area contributed by atoms with Gasteiger partial charge in [0.25, 0.3) is 0 Å². The van der Waals surface area contributed by atoms with Crippen molar-refractivity contribution in [1.29, 1.82) is 0 Å². The second-order valence-electron chi connectivity index (χ2n) is 5.49. The molecule has 3 rings (SSSR count). The van der Waals surface area contributed by atoms with Crippen LogP contribution in [0.4, 0.5) is 0 Å². The number of methoxy groups -OCH3 is 1. The smallest absolute Gasteiger partial charge is 0.240 e. The summed E-state index contributed by atoms with van der Waals surface area (Å²) < 4.78 is 5.34. The second kappa shape index (κ2) is 8.53. The number of benzene rings is 3. The molecule has 0 aliphatic carbocycles. The minimum atomic E-state index is -0.191. The summed E-state index contributed by atoms with van der Waals surface area (Å²) in [6.07, 6.45) is 0. The van der Waals surface area contributed by atoms with E-state index in [0.717, 1.165) is 5.56 Å². The van der Waals surface area contributed by atoms with E-state index in [1.807, 2.05) is 78.9 Å². The molecule has 0 amide bonds. The van der Waals surface area contributed by atoms with Gasteiger partial charge in [-0.25, -0.2) is 0 Å². The van der Waals surface area contributed by atoms with Crippen LogP contribution in [0.1, 0.15) is 21.5 Å². The van der Waals surface area contributed by atoms with E-state index < -0.39 is 0 Å². The summed E-state index contributed by atoms with van der Waals surface area (Å²) in [6, 6.07) is 27.8. The lowest BCUT2D eigenvalue weighted by Crippen LogP contribution is -2.16. The third-order valence-corrected chi connectivity index (χ3v) is 3.75. The van der Waals surface area contributed by atoms with Gasteiger partial charge in [-0.15, -0.1) is 10.2 Å². The minimum absolute atomic E-state index is 0.191. The van der Waals surface area contributed by atoms with Crippen molar-refractivity contribution in [1.82, 2.24) is 0 Å². The topological polar surface area (TPSA) is 51.0 Å². The van der Waals surface area contributed by atoms with Crippen LogP contribution in [0.5, 0.6) is 0 Å². The Kier molecular flexibility index (Phi) is 5.68. The highest BCUT2D eigenvalue weighted by molar-refractivity contribution is 6.51. The highest BCUT2D eigenvalue weighted by Gasteiger charge is 2.16. The average molecular weight is 342 g/mol. The first-order valence-electron chi connectivity index (χ1n) is 8.20. The third-order valence-electron chi connectivity index (χ3n) is 3.75. The zero-order chi connectivity index (χ0) is 18.2. The second-order valence-corrected chi connectivity index (χ2v) is 5.49. The Labute approximate surface area is 152 Å². The van der Waals surface area contributed by atoms with E-state index in [4.69, 9.17) is 4.74 Å². The van der Waals surface area contributed by atoms with Crippen molar-refractivity contribution in [2.45, 2.75) is 0 Å². The van der Waals surface area contributed by atoms with E-state index in [9.17, 15) is 4.79 Å². The first-order valence-corrected chi connectivity index (χ1v) is 8.20. The number of Topliss-reactive ketones (excluding diaryl/α,β-unsaturated/α-hetero) is 1. The predicted molar refractivity (Wildman–Crippen MR) is 104 cm³/mol. The van der Waals surface area contributed by atoms with Gasteiger partial charge in [0, 0.05) is 16.7 Å². The number of carbonyl (C=O) groups excluding carboxylic acids is 1. The number of ketones is 1. The Morgan fingerprint density at radius 1 is 0.654 bits per heavy atom. The number of hydrogen-bond donors (Lipinski definition) is 0. The highest BCUT2D eigenvalue weighted by Crippen LogP contribution is 2.10. The number of nitrogens with zero attached hydrogens (tertiary/aromatic N) is 2. The molecule has 0 unspecified atom stereocenters. The highest BCUT2D eigenvalue weighted by atomic mass is 16.5. The van der Waals surface area contributed by atoms with Crippen LogP contribution in [0.15, 0.2) is 101 Å². The quantitative estimate of drug-likeness (QED) is 0.299. The molecule has 0 N–H and O–H groups in total. The zero-order valence-electron chi connectivity index (χ0n) is 14.4. The van der Waals surface area contributed by atoms with Gasteiger partial charge >= 0.3 is 0 Å². The Bertz CT molecular complexity index is 918. The van der Waals surface area contributed by atoms with Gasteiger partial charge in [-0.3, -0.25) is 4.79 Å². The summed E-state index contributed by atoms with van der Waals surface area (Å²) in [5.41, 5.74) is 2.32. The molecule has 0 aliphatic heterocycles. The summed E-state index contributed by atoms with van der Waals surface area (Å²) in [5, 5.41) is 8.45. The van der Waals surface area contributed by atoms with E-state index in [1.54, 1.807) is 12.1 Å². The minimum Gasteiger partial charge on any atom is -0.479 e. The SMILES string of the molecule is CO/C(=N\N=C(\C(=O)c1ccccc1)c1ccccc1)c1ccccc1. The fourth-order valence-electron chi connectivity index (χ4n) is 2.45. The Morgan fingerprint density at radius 2 is 1.12 bits per heavy atom. The van der Waals surface area contributed by atoms with Gasteiger partial charge in [0.05, 0.1) is 7.11 Å². The molecule has 0 saturated carbocycles. The summed E-state index contributed by atoms with van der Waals surface area (Å²) in [5.74, 6) is 0.156. The molecule has 0 aliphatic rings. The van der Waals surface area contributed by atoms with Crippen molar-refractivity contribution < 1.29 is 9.53 Å². The lowest BCUT2D eigenvalue weighted by Gasteiger charge is -2.06. The largest absolute Gasteiger partial charge is 0.479 e. The molecule has 0 heterocycles. The van der Waals surface area contributed by atoms with Gasteiger partial charge in [-0.2, -0.15) is 0 Å². The molecule has 0 saturated heterocycles. The van der Waals surface area contributed by atoms with Gasteiger partial charge in [-0.05, 0) is 12.1 Å². The van der Waals surface area contributed by atoms with Crippen LogP contribution in [0.25, 0.3) is 0 Å². The lowest BCUT2D eigenvalue weighted by molar-refractivity contribution is 0.106. The lowest BCUT2D eigenvalue weighted by atomic mass is 10.0. The van der Waals surface area contributed by atoms with Crippen molar-refractivity contribution in [2.24, 2.45) is 10.2 Å². The van der Waals surface area contributed by atoms with E-state index in [1.165, 1.54) is 7.11 Å². The standard InChI is InChI=1S/C22H18N2O2/c1-26-22(19-15-9-4-10-16-19)24-23-20(17-11-5-2-6-12-17)21(25)18-13-7-3-8-14-18/h2-16H,1H3/b23-20+,24-22-. The molecule has 0 radical (unpaired) electrons. The van der Waals surface area contributed by atoms with Gasteiger partial charge in [-0.1, -0.05) is 78.9 Å². The number of rotatable bonds is 5. The zero-order valence-corrected chi connectivity index (χ0v) is 14.4. The van der Waals surface area contributed by atoms with Crippen LogP contribution in [0.3, 0.4) is 0 Å². The first-order chi connectivity index (χ1) is 12.8. The van der Waals surface area contributed by atoms with E-state index in [2.05, 4.69) is 10.2 Å². The maximum Gasteiger partial charge on any atom is 0.240 e. The van der Waals surface area contributed by atoms with Crippen LogP contribution in [-0.4, -0.2) is 24.5 Å². The maximum atomic E-state index is 12.9. The van der Waals surface area contributed by atoms with Gasteiger partial charge < -0.3 is 4.74 Å². The monoisotopic (exact) mass is 342 g/mol. The van der Waals surface area contributed by atoms with E-state index in [0.29, 0.717) is 17.0 Å². The summed E-state index contributed by atoms with van der Waals surface area (Å²) in [6.45, 7) is 0. The van der Waals surface area contributed by atoms with Crippen molar-refractivity contribution >= 4 is 17.4 Å². The van der Waals surface area contributed by atoms with Gasteiger partial charge in [0.2, 0.25) is 11.7 Å². The van der Waals surface area contributed by atoms with Crippen LogP contribution < -0.4 is 0 Å². The number of ether oxygens (including phenoxy) is 1. The molecule has 0 fully saturated rings. The summed E-state index contributed by atoms with van der Waals surface area (Å²) in [7, 11) is 1.53. The number of hydrogen-bond acceptors (Lipinski definition) is 4. The first kappa shape index (κ1) is 17.3. The molecule has 3 aromatic carbocycles. The van der Waals surface area contributed by atoms with Gasteiger partial charge in [0.15, 0.2) is 0 Å². The molecule has 0 aromatic heterocycles. The van der Waals surface area contributed by atoms with Crippen molar-refractivity contribution in [3.05, 3.63) is 108 Å². The maximum absolute atomic E-state index is 12.9. The Morgan fingerprint density at radius 3 is 1.62 bits per heavy atom. The molecule has 3 aromatic rings. The normalized spacial score (nSPS) is 11.9. The molecule has 0 atom stereocenters. The van der Waals surface area contributed by atoms with E-state index in [-0.39, 0.29) is 11.5 Å². The molecular formula is C22H18N2O2. The molecule has 26 heavy (non-hydrogen) atoms. The van der Waals surface area contributed by atoms with Crippen molar-refractivity contribution in [2.75, 3.05) is 7.11 Å². The summed E-state index contributed by atoms with van der Waals surface area (Å²) in [4.78, 5) is 12.9. The van der Waals surface area contributed by atoms with Crippen molar-refractivity contribution in [3.8, 4) is 0 Å². The third kappa shape index (κ3) is 4.11. The predicted octanol–water partition coefficient (Wildman–Crippen LogP) is 4.37. The van der Waals surface area contributed by atoms with Crippen LogP contribution in [0, 0.1) is 0 Å². The summed E-state index contributed by atoms with van der Waals surface area (Å²) >= 11 is 0. The fourth-order valence-corrected chi connectivity index (χ4v) is 2.45. The fraction of sp³-hybridized carbons (Fsp3) is 0.0455. The van der Waals surface area contributed by atoms with Crippen LogP contribution in [0.2, 0.25) is 0 Å². The Balaban J connectivity index is 2.04. The van der Waals surface area contributed by atoms with Crippen molar-refractivity contribution in [3.63, 3.8) is 0 Å².